The zero-order chi connectivity index (χ0) is 10.4. The zero-order valence-electron chi connectivity index (χ0n) is 9.12. The number of nitrogens with one attached hydrogen (secondary N) is 1. The molecule has 0 saturated heterocycles. The lowest BCUT2D eigenvalue weighted by atomic mass is 10.0. The van der Waals surface area contributed by atoms with Gasteiger partial charge in [0.05, 0.1) is 18.6 Å². The van der Waals surface area contributed by atoms with E-state index < -0.39 is 0 Å². The van der Waals surface area contributed by atoms with E-state index in [4.69, 9.17) is 9.15 Å². The molecule has 0 fully saturated rings. The first kappa shape index (κ1) is 11.3. The van der Waals surface area contributed by atoms with Crippen LogP contribution < -0.4 is 5.32 Å². The molecule has 3 heteroatoms. The summed E-state index contributed by atoms with van der Waals surface area (Å²) in [6, 6.07) is 2.32. The van der Waals surface area contributed by atoms with Crippen LogP contribution in [0.2, 0.25) is 0 Å². The average molecular weight is 197 g/mol. The predicted molar refractivity (Wildman–Crippen MR) is 56.2 cm³/mol. The van der Waals surface area contributed by atoms with Crippen molar-refractivity contribution in [2.24, 2.45) is 0 Å². The normalized spacial score (nSPS) is 15.4. The van der Waals surface area contributed by atoms with Gasteiger partial charge in [-0.2, -0.15) is 0 Å². The first-order chi connectivity index (χ1) is 6.77. The molecule has 2 unspecified atom stereocenters. The Kier molecular flexibility index (Phi) is 4.70. The minimum absolute atomic E-state index is 0.258. The molecule has 0 saturated carbocycles. The number of ether oxygens (including phenoxy) is 1. The van der Waals surface area contributed by atoms with Crippen LogP contribution in [0.25, 0.3) is 0 Å². The molecule has 1 heterocycles. The standard InChI is InChI=1S/C11H19NO2/c1-4-12-11(7-9(2)13-3)10-5-6-14-8-10/h5-6,8-9,11-12H,4,7H2,1-3H3. The average Bonchev–Trinajstić information content (AvgIpc) is 2.69. The Labute approximate surface area is 85.4 Å². The highest BCUT2D eigenvalue weighted by molar-refractivity contribution is 5.11. The second kappa shape index (κ2) is 5.83. The van der Waals surface area contributed by atoms with Crippen molar-refractivity contribution in [1.29, 1.82) is 0 Å². The molecular weight excluding hydrogens is 178 g/mol. The molecule has 0 bridgehead atoms. The smallest absolute Gasteiger partial charge is 0.0950 e. The minimum atomic E-state index is 0.258. The SMILES string of the molecule is CCNC(CC(C)OC)c1ccoc1. The van der Waals surface area contributed by atoms with Crippen LogP contribution in [0.5, 0.6) is 0 Å². The third-order valence-electron chi connectivity index (χ3n) is 2.37. The number of hydrogen-bond donors (Lipinski definition) is 1. The van der Waals surface area contributed by atoms with Crippen molar-refractivity contribution in [2.45, 2.75) is 32.4 Å². The van der Waals surface area contributed by atoms with Gasteiger partial charge in [0.25, 0.3) is 0 Å². The fourth-order valence-corrected chi connectivity index (χ4v) is 1.49. The van der Waals surface area contributed by atoms with Gasteiger partial charge in [0.15, 0.2) is 0 Å². The lowest BCUT2D eigenvalue weighted by Gasteiger charge is -2.19. The van der Waals surface area contributed by atoms with Gasteiger partial charge in [-0.25, -0.2) is 0 Å². The van der Waals surface area contributed by atoms with Gasteiger partial charge in [0.2, 0.25) is 0 Å². The molecule has 1 N–H and O–H groups in total. The fourth-order valence-electron chi connectivity index (χ4n) is 1.49. The van der Waals surface area contributed by atoms with Crippen LogP contribution in [0.4, 0.5) is 0 Å². The lowest BCUT2D eigenvalue weighted by Crippen LogP contribution is -2.24. The van der Waals surface area contributed by atoms with E-state index in [9.17, 15) is 0 Å². The summed E-state index contributed by atoms with van der Waals surface area (Å²) in [6.45, 7) is 5.13. The molecule has 1 rings (SSSR count). The Balaban J connectivity index is 2.55. The van der Waals surface area contributed by atoms with Crippen molar-refractivity contribution in [3.63, 3.8) is 0 Å². The van der Waals surface area contributed by atoms with Crippen molar-refractivity contribution in [1.82, 2.24) is 5.32 Å². The quantitative estimate of drug-likeness (QED) is 0.760. The van der Waals surface area contributed by atoms with Crippen molar-refractivity contribution in [3.8, 4) is 0 Å². The number of rotatable bonds is 6. The number of hydrogen-bond acceptors (Lipinski definition) is 3. The monoisotopic (exact) mass is 197 g/mol. The molecule has 2 atom stereocenters. The minimum Gasteiger partial charge on any atom is -0.472 e. The molecule has 0 spiro atoms. The number of furan rings is 1. The summed E-state index contributed by atoms with van der Waals surface area (Å²) >= 11 is 0. The van der Waals surface area contributed by atoms with Gasteiger partial charge in [-0.15, -0.1) is 0 Å². The van der Waals surface area contributed by atoms with Crippen molar-refractivity contribution in [2.75, 3.05) is 13.7 Å². The van der Waals surface area contributed by atoms with Crippen molar-refractivity contribution >= 4 is 0 Å². The van der Waals surface area contributed by atoms with Crippen LogP contribution in [0, 0.1) is 0 Å². The first-order valence-electron chi connectivity index (χ1n) is 5.06. The highest BCUT2D eigenvalue weighted by Crippen LogP contribution is 2.19. The maximum Gasteiger partial charge on any atom is 0.0950 e. The van der Waals surface area contributed by atoms with Crippen LogP contribution in [0.3, 0.4) is 0 Å². The van der Waals surface area contributed by atoms with Gasteiger partial charge in [0.1, 0.15) is 0 Å². The van der Waals surface area contributed by atoms with Crippen LogP contribution in [0.1, 0.15) is 31.9 Å². The summed E-state index contributed by atoms with van der Waals surface area (Å²) in [7, 11) is 1.74. The molecule has 0 amide bonds. The van der Waals surface area contributed by atoms with E-state index in [1.165, 1.54) is 5.56 Å². The summed E-state index contributed by atoms with van der Waals surface area (Å²) in [5.74, 6) is 0. The summed E-state index contributed by atoms with van der Waals surface area (Å²) in [6.07, 6.45) is 4.71. The van der Waals surface area contributed by atoms with E-state index in [0.29, 0.717) is 6.04 Å². The first-order valence-corrected chi connectivity index (χ1v) is 5.06. The zero-order valence-corrected chi connectivity index (χ0v) is 9.12. The van der Waals surface area contributed by atoms with E-state index in [1.54, 1.807) is 19.6 Å². The Hall–Kier alpha value is -0.800. The van der Waals surface area contributed by atoms with Crippen molar-refractivity contribution < 1.29 is 9.15 Å². The van der Waals surface area contributed by atoms with Gasteiger partial charge in [-0.05, 0) is 26.0 Å². The van der Waals surface area contributed by atoms with Gasteiger partial charge in [-0.1, -0.05) is 6.92 Å². The second-order valence-corrected chi connectivity index (χ2v) is 3.45. The summed E-state index contributed by atoms with van der Waals surface area (Å²) in [5.41, 5.74) is 1.19. The Bertz CT molecular complexity index is 233. The van der Waals surface area contributed by atoms with Crippen LogP contribution >= 0.6 is 0 Å². The molecule has 3 nitrogen and oxygen atoms in total. The van der Waals surface area contributed by atoms with Gasteiger partial charge < -0.3 is 14.5 Å². The Morgan fingerprint density at radius 2 is 2.36 bits per heavy atom. The van der Waals surface area contributed by atoms with Crippen molar-refractivity contribution in [3.05, 3.63) is 24.2 Å². The highest BCUT2D eigenvalue weighted by Gasteiger charge is 2.14. The van der Waals surface area contributed by atoms with E-state index in [-0.39, 0.29) is 6.10 Å². The molecule has 0 aliphatic carbocycles. The lowest BCUT2D eigenvalue weighted by molar-refractivity contribution is 0.100. The maximum absolute atomic E-state index is 5.25. The van der Waals surface area contributed by atoms with Crippen LogP contribution in [-0.4, -0.2) is 19.8 Å². The summed E-state index contributed by atoms with van der Waals surface area (Å²) in [5, 5.41) is 3.41. The molecule has 0 aliphatic rings. The largest absolute Gasteiger partial charge is 0.472 e. The summed E-state index contributed by atoms with van der Waals surface area (Å²) < 4.78 is 10.3. The Morgan fingerprint density at radius 3 is 2.86 bits per heavy atom. The van der Waals surface area contributed by atoms with Gasteiger partial charge >= 0.3 is 0 Å². The molecule has 14 heavy (non-hydrogen) atoms. The van der Waals surface area contributed by atoms with Gasteiger partial charge in [0, 0.05) is 18.7 Å². The van der Waals surface area contributed by atoms with E-state index >= 15 is 0 Å². The number of methoxy groups -OCH3 is 1. The third kappa shape index (κ3) is 3.16. The molecule has 80 valence electrons. The molecule has 0 aliphatic heterocycles. The maximum atomic E-state index is 5.25. The topological polar surface area (TPSA) is 34.4 Å². The van der Waals surface area contributed by atoms with E-state index in [0.717, 1.165) is 13.0 Å². The molecule has 1 aromatic heterocycles. The fraction of sp³-hybridized carbons (Fsp3) is 0.636. The van der Waals surface area contributed by atoms with Crippen LogP contribution in [0.15, 0.2) is 23.0 Å². The molecular formula is C11H19NO2. The summed E-state index contributed by atoms with van der Waals surface area (Å²) in [4.78, 5) is 0. The molecule has 1 aromatic rings. The van der Waals surface area contributed by atoms with E-state index in [2.05, 4.69) is 19.2 Å². The highest BCUT2D eigenvalue weighted by atomic mass is 16.5. The second-order valence-electron chi connectivity index (χ2n) is 3.45. The molecule has 0 radical (unpaired) electrons. The van der Waals surface area contributed by atoms with E-state index in [1.807, 2.05) is 6.07 Å². The Morgan fingerprint density at radius 1 is 1.57 bits per heavy atom. The molecule has 0 aromatic carbocycles. The predicted octanol–water partition coefficient (Wildman–Crippen LogP) is 2.36. The van der Waals surface area contributed by atoms with Crippen LogP contribution in [-0.2, 0) is 4.74 Å². The van der Waals surface area contributed by atoms with Gasteiger partial charge in [-0.3, -0.25) is 0 Å². The third-order valence-corrected chi connectivity index (χ3v) is 2.37.